The third-order valence-corrected chi connectivity index (χ3v) is 9.86. The van der Waals surface area contributed by atoms with Crippen molar-refractivity contribution in [1.29, 1.82) is 0 Å². The van der Waals surface area contributed by atoms with Crippen LogP contribution in [0.25, 0.3) is 0 Å². The number of carbonyl (C=O) groups excluding carboxylic acids is 1. The summed E-state index contributed by atoms with van der Waals surface area (Å²) in [5.41, 5.74) is 1.10. The summed E-state index contributed by atoms with van der Waals surface area (Å²) < 4.78 is 0. The Kier molecular flexibility index (Phi) is 11.7. The lowest BCUT2D eigenvalue weighted by molar-refractivity contribution is -0.136. The van der Waals surface area contributed by atoms with Gasteiger partial charge in [0, 0.05) is 6.42 Å². The van der Waals surface area contributed by atoms with Crippen LogP contribution in [0.4, 0.5) is 0 Å². The Morgan fingerprint density at radius 2 is 1.40 bits per heavy atom. The van der Waals surface area contributed by atoms with Gasteiger partial charge in [0.2, 0.25) is 0 Å². The van der Waals surface area contributed by atoms with Gasteiger partial charge in [0.15, 0.2) is 0 Å². The minimum Gasteiger partial charge on any atom is -0.303 e. The van der Waals surface area contributed by atoms with Gasteiger partial charge in [0.05, 0.1) is 0 Å². The van der Waals surface area contributed by atoms with Crippen molar-refractivity contribution in [2.24, 2.45) is 46.3 Å². The number of rotatable bonds is 3. The monoisotopic (exact) mass is 420 g/mol. The molecule has 4 saturated carbocycles. The number of hydrogen-bond donors (Lipinski definition) is 0. The molecule has 4 aliphatic carbocycles. The summed E-state index contributed by atoms with van der Waals surface area (Å²) in [6.07, 6.45) is 16.5. The second-order valence-electron chi connectivity index (χ2n) is 10.4. The molecule has 4 aliphatic rings. The van der Waals surface area contributed by atoms with E-state index in [1.54, 1.807) is 0 Å². The lowest BCUT2D eigenvalue weighted by Gasteiger charge is -2.62. The highest BCUT2D eigenvalue weighted by Gasteiger charge is 2.60. The molecule has 4 rings (SSSR count). The first-order chi connectivity index (χ1) is 14.5. The molecule has 0 saturated heterocycles. The lowest BCUT2D eigenvalue weighted by atomic mass is 9.42. The molecule has 0 bridgehead atoms. The van der Waals surface area contributed by atoms with Crippen molar-refractivity contribution in [1.82, 2.24) is 0 Å². The highest BCUT2D eigenvalue weighted by atomic mass is 16.1. The molecule has 1 nitrogen and oxygen atoms in total. The molecule has 0 aliphatic heterocycles. The SMILES string of the molecule is CC.CC.CC.CC[C@H]1CC2C3CCC(CC=O)C3(C)CC[C@@H]2C2(C)CCCCC12. The molecule has 0 spiro atoms. The van der Waals surface area contributed by atoms with Crippen LogP contribution in [0, 0.1) is 46.3 Å². The average molecular weight is 421 g/mol. The van der Waals surface area contributed by atoms with Crippen molar-refractivity contribution in [2.75, 3.05) is 0 Å². The summed E-state index contributed by atoms with van der Waals surface area (Å²) in [5.74, 6) is 5.52. The van der Waals surface area contributed by atoms with Crippen LogP contribution in [0.2, 0.25) is 0 Å². The van der Waals surface area contributed by atoms with Gasteiger partial charge in [-0.2, -0.15) is 0 Å². The molecule has 0 amide bonds. The molecule has 0 N–H and O–H groups in total. The highest BCUT2D eigenvalue weighted by Crippen LogP contribution is 2.68. The van der Waals surface area contributed by atoms with Crippen LogP contribution < -0.4 is 0 Å². The molecule has 0 aromatic heterocycles. The third-order valence-electron chi connectivity index (χ3n) is 9.86. The van der Waals surface area contributed by atoms with Crippen LogP contribution in [0.1, 0.15) is 133 Å². The van der Waals surface area contributed by atoms with Crippen LogP contribution in [0.5, 0.6) is 0 Å². The fraction of sp³-hybridized carbons (Fsp3) is 0.966. The van der Waals surface area contributed by atoms with Crippen molar-refractivity contribution < 1.29 is 4.79 Å². The van der Waals surface area contributed by atoms with Gasteiger partial charge in [-0.15, -0.1) is 0 Å². The zero-order chi connectivity index (χ0) is 22.9. The first kappa shape index (κ1) is 27.7. The summed E-state index contributed by atoms with van der Waals surface area (Å²) in [5, 5.41) is 0. The molecule has 0 radical (unpaired) electrons. The zero-order valence-corrected chi connectivity index (χ0v) is 22.2. The Bertz CT molecular complexity index is 485. The van der Waals surface area contributed by atoms with Gasteiger partial charge in [-0.3, -0.25) is 0 Å². The molecule has 1 heteroatoms. The number of fused-ring (bicyclic) bond motifs is 5. The van der Waals surface area contributed by atoms with Crippen LogP contribution in [-0.4, -0.2) is 6.29 Å². The van der Waals surface area contributed by atoms with E-state index < -0.39 is 0 Å². The zero-order valence-electron chi connectivity index (χ0n) is 22.2. The van der Waals surface area contributed by atoms with Crippen molar-refractivity contribution in [3.63, 3.8) is 0 Å². The maximum absolute atomic E-state index is 11.2. The highest BCUT2D eigenvalue weighted by molar-refractivity contribution is 5.50. The van der Waals surface area contributed by atoms with E-state index in [1.807, 2.05) is 41.5 Å². The predicted octanol–water partition coefficient (Wildman–Crippen LogP) is 9.34. The molecular weight excluding hydrogens is 364 g/mol. The number of carbonyl (C=O) groups is 1. The third kappa shape index (κ3) is 4.85. The minimum absolute atomic E-state index is 0.470. The minimum atomic E-state index is 0.470. The second kappa shape index (κ2) is 12.6. The lowest BCUT2D eigenvalue weighted by Crippen LogP contribution is -2.55. The molecule has 4 fully saturated rings. The first-order valence-electron chi connectivity index (χ1n) is 14.0. The van der Waals surface area contributed by atoms with Crippen LogP contribution in [0.15, 0.2) is 0 Å². The fourth-order valence-electron chi connectivity index (χ4n) is 8.63. The van der Waals surface area contributed by atoms with Crippen LogP contribution in [0.3, 0.4) is 0 Å². The molecule has 178 valence electrons. The van der Waals surface area contributed by atoms with E-state index in [1.165, 1.54) is 70.5 Å². The number of hydrogen-bond acceptors (Lipinski definition) is 1. The van der Waals surface area contributed by atoms with Crippen LogP contribution >= 0.6 is 0 Å². The van der Waals surface area contributed by atoms with E-state index in [0.29, 0.717) is 16.7 Å². The van der Waals surface area contributed by atoms with E-state index in [9.17, 15) is 4.79 Å². The van der Waals surface area contributed by atoms with Gasteiger partial charge < -0.3 is 4.79 Å². The summed E-state index contributed by atoms with van der Waals surface area (Å²) >= 11 is 0. The Morgan fingerprint density at radius 3 is 2.00 bits per heavy atom. The Labute approximate surface area is 190 Å². The van der Waals surface area contributed by atoms with Crippen molar-refractivity contribution in [2.45, 2.75) is 133 Å². The summed E-state index contributed by atoms with van der Waals surface area (Å²) in [4.78, 5) is 11.2. The number of aldehydes is 1. The first-order valence-corrected chi connectivity index (χ1v) is 14.0. The largest absolute Gasteiger partial charge is 0.303 e. The topological polar surface area (TPSA) is 17.1 Å². The van der Waals surface area contributed by atoms with Crippen molar-refractivity contribution in [3.8, 4) is 0 Å². The van der Waals surface area contributed by atoms with Gasteiger partial charge in [-0.25, -0.2) is 0 Å². The predicted molar refractivity (Wildman–Crippen MR) is 134 cm³/mol. The van der Waals surface area contributed by atoms with Gasteiger partial charge in [0.1, 0.15) is 6.29 Å². The molecule has 30 heavy (non-hydrogen) atoms. The molecule has 0 heterocycles. The Morgan fingerprint density at radius 1 is 0.767 bits per heavy atom. The summed E-state index contributed by atoms with van der Waals surface area (Å²) in [6, 6.07) is 0. The van der Waals surface area contributed by atoms with Gasteiger partial charge in [-0.05, 0) is 91.3 Å². The standard InChI is InChI=1S/C23H38O.3C2H6/c1-4-16-15-18-20-9-8-17(11-14-24)22(20,2)13-10-21(18)23(3)12-6-5-7-19(16)23;3*1-2/h14,16-21H,4-13,15H2,1-3H3;3*1-2H3/t16-,17?,18?,19?,20?,21-,22?,23?;;;/m0.../s1. The quantitative estimate of drug-likeness (QED) is 0.415. The molecule has 0 aromatic carbocycles. The molecule has 6 unspecified atom stereocenters. The van der Waals surface area contributed by atoms with E-state index in [2.05, 4.69) is 20.8 Å². The molecule has 0 aromatic rings. The van der Waals surface area contributed by atoms with Crippen LogP contribution in [-0.2, 0) is 4.79 Å². The molecule has 8 atom stereocenters. The average Bonchev–Trinajstić information content (AvgIpc) is 3.13. The summed E-state index contributed by atoms with van der Waals surface area (Å²) in [6.45, 7) is 19.7. The van der Waals surface area contributed by atoms with E-state index in [0.717, 1.165) is 36.0 Å². The normalized spacial score (nSPS) is 43.6. The summed E-state index contributed by atoms with van der Waals surface area (Å²) in [7, 11) is 0. The van der Waals surface area contributed by atoms with Gasteiger partial charge in [0.25, 0.3) is 0 Å². The van der Waals surface area contributed by atoms with Crippen molar-refractivity contribution >= 4 is 6.29 Å². The van der Waals surface area contributed by atoms with E-state index in [4.69, 9.17) is 0 Å². The van der Waals surface area contributed by atoms with Gasteiger partial charge >= 0.3 is 0 Å². The Balaban J connectivity index is 0.000000691. The van der Waals surface area contributed by atoms with E-state index in [-0.39, 0.29) is 0 Å². The Hall–Kier alpha value is -0.330. The van der Waals surface area contributed by atoms with Gasteiger partial charge in [-0.1, -0.05) is 81.6 Å². The maximum Gasteiger partial charge on any atom is 0.120 e. The molecular formula is C29H56O. The second-order valence-corrected chi connectivity index (χ2v) is 10.4. The van der Waals surface area contributed by atoms with E-state index >= 15 is 0 Å². The smallest absolute Gasteiger partial charge is 0.120 e. The maximum atomic E-state index is 11.2. The van der Waals surface area contributed by atoms with Crippen molar-refractivity contribution in [3.05, 3.63) is 0 Å². The fourth-order valence-corrected chi connectivity index (χ4v) is 8.63.